The van der Waals surface area contributed by atoms with Gasteiger partial charge in [-0.3, -0.25) is 14.4 Å². The summed E-state index contributed by atoms with van der Waals surface area (Å²) in [5, 5.41) is 0. The van der Waals surface area contributed by atoms with Gasteiger partial charge in [-0.15, -0.1) is 12.3 Å². The van der Waals surface area contributed by atoms with E-state index < -0.39 is 17.7 Å². The Hall–Kier alpha value is -1.63. The van der Waals surface area contributed by atoms with Gasteiger partial charge in [-0.1, -0.05) is 0 Å². The summed E-state index contributed by atoms with van der Waals surface area (Å²) >= 11 is 0. The Morgan fingerprint density at radius 2 is 1.92 bits per heavy atom. The molecule has 0 aromatic rings. The molecule has 1 aliphatic heterocycles. The van der Waals surface area contributed by atoms with Crippen molar-refractivity contribution >= 4 is 17.7 Å². The normalized spacial score (nSPS) is 16.1. The number of carbonyl (C=O) groups excluding carboxylic acids is 3. The van der Waals surface area contributed by atoms with E-state index in [1.165, 1.54) is 0 Å². The van der Waals surface area contributed by atoms with Crippen LogP contribution in [0.1, 0.15) is 25.7 Å². The van der Waals surface area contributed by atoms with Crippen molar-refractivity contribution in [3.63, 3.8) is 0 Å². The van der Waals surface area contributed by atoms with E-state index in [-0.39, 0.29) is 25.7 Å². The molecule has 0 spiro atoms. The zero-order chi connectivity index (χ0) is 9.84. The molecule has 3 amide bonds. The summed E-state index contributed by atoms with van der Waals surface area (Å²) in [6, 6.07) is 0. The predicted molar refractivity (Wildman–Crippen MR) is 44.2 cm³/mol. The Morgan fingerprint density at radius 1 is 1.38 bits per heavy atom. The average Bonchev–Trinajstić information content (AvgIpc) is 2.42. The van der Waals surface area contributed by atoms with Gasteiger partial charge in [0.1, 0.15) is 0 Å². The lowest BCUT2D eigenvalue weighted by Gasteiger charge is -2.09. The quantitative estimate of drug-likeness (QED) is 0.445. The summed E-state index contributed by atoms with van der Waals surface area (Å²) in [5.74, 6) is 0.980. The smallest absolute Gasteiger partial charge is 0.236 e. The van der Waals surface area contributed by atoms with Gasteiger partial charge in [0, 0.05) is 25.7 Å². The number of amides is 3. The molecule has 0 unspecified atom stereocenters. The summed E-state index contributed by atoms with van der Waals surface area (Å²) in [6.45, 7) is 0. The van der Waals surface area contributed by atoms with Gasteiger partial charge in [-0.05, 0) is 0 Å². The molecule has 0 radical (unpaired) electrons. The van der Waals surface area contributed by atoms with Gasteiger partial charge in [0.25, 0.3) is 0 Å². The number of nitrogens with zero attached hydrogens (tertiary/aromatic N) is 1. The fraction of sp³-hybridized carbons (Fsp3) is 0.444. The first-order valence-electron chi connectivity index (χ1n) is 3.99. The lowest BCUT2D eigenvalue weighted by molar-refractivity contribution is -0.149. The van der Waals surface area contributed by atoms with E-state index in [4.69, 9.17) is 6.42 Å². The number of hydrogen-bond donors (Lipinski definition) is 0. The van der Waals surface area contributed by atoms with Gasteiger partial charge in [-0.25, -0.2) is 4.90 Å². The van der Waals surface area contributed by atoms with Crippen LogP contribution in [0.4, 0.5) is 0 Å². The van der Waals surface area contributed by atoms with E-state index >= 15 is 0 Å². The van der Waals surface area contributed by atoms with Crippen molar-refractivity contribution in [2.24, 2.45) is 0 Å². The number of terminal acetylenes is 1. The van der Waals surface area contributed by atoms with Gasteiger partial charge < -0.3 is 0 Å². The van der Waals surface area contributed by atoms with Gasteiger partial charge in [0.2, 0.25) is 17.7 Å². The zero-order valence-corrected chi connectivity index (χ0v) is 7.08. The van der Waals surface area contributed by atoms with Crippen molar-refractivity contribution < 1.29 is 14.4 Å². The molecule has 1 aliphatic rings. The molecule has 1 heterocycles. The van der Waals surface area contributed by atoms with Crippen molar-refractivity contribution in [2.45, 2.75) is 25.7 Å². The Morgan fingerprint density at radius 3 is 2.38 bits per heavy atom. The van der Waals surface area contributed by atoms with E-state index in [1.807, 2.05) is 0 Å². The molecule has 4 nitrogen and oxygen atoms in total. The lowest BCUT2D eigenvalue weighted by Crippen LogP contribution is -2.35. The summed E-state index contributed by atoms with van der Waals surface area (Å²) in [5.41, 5.74) is 0. The molecule has 0 N–H and O–H groups in total. The highest BCUT2D eigenvalue weighted by Gasteiger charge is 2.33. The molecule has 0 aromatic carbocycles. The summed E-state index contributed by atoms with van der Waals surface area (Å²) in [6.07, 6.45) is 5.56. The zero-order valence-electron chi connectivity index (χ0n) is 7.08. The van der Waals surface area contributed by atoms with Crippen LogP contribution in [0.15, 0.2) is 0 Å². The van der Waals surface area contributed by atoms with E-state index in [2.05, 4.69) is 5.92 Å². The first-order valence-corrected chi connectivity index (χ1v) is 3.99. The maximum Gasteiger partial charge on any atom is 0.236 e. The number of carbonyl (C=O) groups is 3. The van der Waals surface area contributed by atoms with Crippen molar-refractivity contribution in [2.75, 3.05) is 0 Å². The van der Waals surface area contributed by atoms with E-state index in [9.17, 15) is 14.4 Å². The maximum atomic E-state index is 11.2. The van der Waals surface area contributed by atoms with Crippen LogP contribution in [-0.4, -0.2) is 22.6 Å². The van der Waals surface area contributed by atoms with Crippen LogP contribution in [-0.2, 0) is 14.4 Å². The van der Waals surface area contributed by atoms with Crippen LogP contribution in [0, 0.1) is 12.3 Å². The van der Waals surface area contributed by atoms with Gasteiger partial charge in [-0.2, -0.15) is 0 Å². The molecule has 1 fully saturated rings. The molecule has 0 aliphatic carbocycles. The number of rotatable bonds is 2. The topological polar surface area (TPSA) is 54.5 Å². The molecule has 0 aromatic heterocycles. The van der Waals surface area contributed by atoms with Gasteiger partial charge in [0.05, 0.1) is 0 Å². The highest BCUT2D eigenvalue weighted by molar-refractivity contribution is 6.14. The molecule has 0 atom stereocenters. The minimum Gasteiger partial charge on any atom is -0.274 e. The van der Waals surface area contributed by atoms with Crippen molar-refractivity contribution in [3.05, 3.63) is 0 Å². The Bertz CT molecular complexity index is 284. The standard InChI is InChI=1S/C9H9NO3/c1-2-3-4-7(11)10-8(12)5-6-9(10)13/h1H,3-6H2. The third kappa shape index (κ3) is 1.94. The highest BCUT2D eigenvalue weighted by Crippen LogP contribution is 2.13. The largest absolute Gasteiger partial charge is 0.274 e. The Balaban J connectivity index is 2.60. The SMILES string of the molecule is C#CCCC(=O)N1C(=O)CCC1=O. The van der Waals surface area contributed by atoms with Crippen LogP contribution < -0.4 is 0 Å². The Kier molecular flexibility index (Phi) is 2.80. The summed E-state index contributed by atoms with van der Waals surface area (Å²) in [7, 11) is 0. The minimum atomic E-state index is -0.481. The van der Waals surface area contributed by atoms with Crippen LogP contribution in [0.3, 0.4) is 0 Å². The predicted octanol–water partition coefficient (Wildman–Crippen LogP) is 0.0754. The first-order chi connectivity index (χ1) is 6.16. The monoisotopic (exact) mass is 179 g/mol. The fourth-order valence-electron chi connectivity index (χ4n) is 1.15. The highest BCUT2D eigenvalue weighted by atomic mass is 16.2. The Labute approximate surface area is 75.9 Å². The van der Waals surface area contributed by atoms with Gasteiger partial charge in [0.15, 0.2) is 0 Å². The fourth-order valence-corrected chi connectivity index (χ4v) is 1.15. The molecule has 1 saturated heterocycles. The summed E-state index contributed by atoms with van der Waals surface area (Å²) in [4.78, 5) is 34.0. The number of hydrogen-bond acceptors (Lipinski definition) is 3. The maximum absolute atomic E-state index is 11.2. The molecule has 1 rings (SSSR count). The number of likely N-dealkylation sites (tertiary alicyclic amines) is 1. The van der Waals surface area contributed by atoms with E-state index in [1.54, 1.807) is 0 Å². The third-order valence-electron chi connectivity index (χ3n) is 1.78. The molecule has 0 saturated carbocycles. The molecule has 0 bridgehead atoms. The molecule has 68 valence electrons. The van der Waals surface area contributed by atoms with Crippen LogP contribution in [0.25, 0.3) is 0 Å². The van der Waals surface area contributed by atoms with Crippen molar-refractivity contribution in [1.82, 2.24) is 4.90 Å². The lowest BCUT2D eigenvalue weighted by atomic mass is 10.3. The van der Waals surface area contributed by atoms with Crippen LogP contribution >= 0.6 is 0 Å². The second-order valence-corrected chi connectivity index (χ2v) is 2.72. The van der Waals surface area contributed by atoms with Gasteiger partial charge >= 0.3 is 0 Å². The molecule has 4 heteroatoms. The molecular formula is C9H9NO3. The third-order valence-corrected chi connectivity index (χ3v) is 1.78. The van der Waals surface area contributed by atoms with Crippen LogP contribution in [0.5, 0.6) is 0 Å². The first kappa shape index (κ1) is 9.46. The average molecular weight is 179 g/mol. The molecular weight excluding hydrogens is 170 g/mol. The van der Waals surface area contributed by atoms with Crippen molar-refractivity contribution in [1.29, 1.82) is 0 Å². The van der Waals surface area contributed by atoms with Crippen molar-refractivity contribution in [3.8, 4) is 12.3 Å². The number of imide groups is 3. The van der Waals surface area contributed by atoms with E-state index in [0.29, 0.717) is 4.90 Å². The second kappa shape index (κ2) is 3.85. The summed E-state index contributed by atoms with van der Waals surface area (Å²) < 4.78 is 0. The second-order valence-electron chi connectivity index (χ2n) is 2.72. The van der Waals surface area contributed by atoms with Crippen LogP contribution in [0.2, 0.25) is 0 Å². The minimum absolute atomic E-state index is 0.0635. The van der Waals surface area contributed by atoms with E-state index in [0.717, 1.165) is 0 Å². The molecule has 13 heavy (non-hydrogen) atoms.